The Balaban J connectivity index is 1.86. The summed E-state index contributed by atoms with van der Waals surface area (Å²) in [6, 6.07) is 7.34. The van der Waals surface area contributed by atoms with Gasteiger partial charge in [-0.15, -0.1) is 0 Å². The lowest BCUT2D eigenvalue weighted by molar-refractivity contribution is 0.0947. The Morgan fingerprint density at radius 3 is 2.81 bits per heavy atom. The van der Waals surface area contributed by atoms with Crippen molar-refractivity contribution >= 4 is 28.3 Å². The summed E-state index contributed by atoms with van der Waals surface area (Å²) in [4.78, 5) is 20.3. The summed E-state index contributed by atoms with van der Waals surface area (Å²) in [5.74, 6) is 0.608. The second-order valence-electron chi connectivity index (χ2n) is 4.43. The van der Waals surface area contributed by atoms with Crippen molar-refractivity contribution in [1.29, 1.82) is 0 Å². The highest BCUT2D eigenvalue weighted by atomic mass is 35.5. The van der Waals surface area contributed by atoms with E-state index < -0.39 is 0 Å². The Morgan fingerprint density at radius 2 is 2.10 bits per heavy atom. The molecule has 0 fully saturated rings. The summed E-state index contributed by atoms with van der Waals surface area (Å²) in [5, 5.41) is 8.24. The summed E-state index contributed by atoms with van der Waals surface area (Å²) in [5.41, 5.74) is 0.450. The van der Waals surface area contributed by atoms with Crippen LogP contribution in [0.25, 0.3) is 10.8 Å². The quantitative estimate of drug-likeness (QED) is 0.752. The lowest BCUT2D eigenvalue weighted by Crippen LogP contribution is -2.23. The fourth-order valence-electron chi connectivity index (χ4n) is 2.00. The Morgan fingerprint density at radius 1 is 1.33 bits per heavy atom. The normalized spacial score (nSPS) is 10.8. The molecule has 0 radical (unpaired) electrons. The molecule has 3 rings (SSSR count). The van der Waals surface area contributed by atoms with Crippen molar-refractivity contribution < 1.29 is 9.32 Å². The molecule has 2 aromatic heterocycles. The molecule has 0 saturated carbocycles. The van der Waals surface area contributed by atoms with Gasteiger partial charge in [0.15, 0.2) is 5.82 Å². The molecule has 1 N–H and O–H groups in total. The van der Waals surface area contributed by atoms with Crippen molar-refractivity contribution in [2.45, 2.75) is 13.5 Å². The summed E-state index contributed by atoms with van der Waals surface area (Å²) >= 11 is 6.03. The van der Waals surface area contributed by atoms with Crippen LogP contribution in [0.4, 0.5) is 0 Å². The number of hydrogen-bond acceptors (Lipinski definition) is 5. The summed E-state index contributed by atoms with van der Waals surface area (Å²) in [7, 11) is 0. The predicted octanol–water partition coefficient (Wildman–Crippen LogP) is 2.51. The molecule has 3 aromatic rings. The second kappa shape index (κ2) is 5.49. The van der Waals surface area contributed by atoms with Gasteiger partial charge in [0.1, 0.15) is 5.15 Å². The maximum Gasteiger partial charge on any atom is 0.253 e. The van der Waals surface area contributed by atoms with E-state index >= 15 is 0 Å². The number of carbonyl (C=O) groups is 1. The Kier molecular flexibility index (Phi) is 3.53. The zero-order valence-corrected chi connectivity index (χ0v) is 11.9. The smallest absolute Gasteiger partial charge is 0.253 e. The Hall–Kier alpha value is -2.47. The number of aromatic nitrogens is 3. The maximum absolute atomic E-state index is 12.3. The topological polar surface area (TPSA) is 80.9 Å². The van der Waals surface area contributed by atoms with E-state index in [1.54, 1.807) is 6.92 Å². The molecule has 0 aliphatic carbocycles. The van der Waals surface area contributed by atoms with Crippen LogP contribution >= 0.6 is 11.6 Å². The van der Waals surface area contributed by atoms with Gasteiger partial charge in [0, 0.05) is 11.6 Å². The van der Waals surface area contributed by atoms with Gasteiger partial charge >= 0.3 is 0 Å². The van der Waals surface area contributed by atoms with E-state index in [0.29, 0.717) is 22.4 Å². The van der Waals surface area contributed by atoms with Gasteiger partial charge in [0.25, 0.3) is 5.91 Å². The van der Waals surface area contributed by atoms with Crippen LogP contribution in [-0.2, 0) is 6.54 Å². The fraction of sp³-hybridized carbons (Fsp3) is 0.143. The Bertz CT molecular complexity index is 816. The molecular weight excluding hydrogens is 292 g/mol. The van der Waals surface area contributed by atoms with Gasteiger partial charge in [0.2, 0.25) is 5.89 Å². The highest BCUT2D eigenvalue weighted by molar-refractivity contribution is 6.34. The molecule has 21 heavy (non-hydrogen) atoms. The van der Waals surface area contributed by atoms with Gasteiger partial charge in [-0.2, -0.15) is 4.98 Å². The summed E-state index contributed by atoms with van der Waals surface area (Å²) < 4.78 is 4.94. The number of rotatable bonds is 3. The molecule has 1 amide bonds. The van der Waals surface area contributed by atoms with Crippen molar-refractivity contribution in [3.63, 3.8) is 0 Å². The van der Waals surface area contributed by atoms with Gasteiger partial charge in [0.05, 0.1) is 12.1 Å². The summed E-state index contributed by atoms with van der Waals surface area (Å²) in [6.07, 6.45) is 1.46. The fourth-order valence-corrected chi connectivity index (χ4v) is 2.22. The number of nitrogens with one attached hydrogen (secondary N) is 1. The number of fused-ring (bicyclic) bond motifs is 1. The lowest BCUT2D eigenvalue weighted by atomic mass is 10.1. The molecule has 7 heteroatoms. The van der Waals surface area contributed by atoms with Crippen LogP contribution in [0.5, 0.6) is 0 Å². The van der Waals surface area contributed by atoms with E-state index in [0.717, 1.165) is 10.8 Å². The molecule has 0 unspecified atom stereocenters. The monoisotopic (exact) mass is 302 g/mol. The van der Waals surface area contributed by atoms with Crippen molar-refractivity contribution in [2.75, 3.05) is 0 Å². The maximum atomic E-state index is 12.3. The minimum Gasteiger partial charge on any atom is -0.343 e. The van der Waals surface area contributed by atoms with Crippen molar-refractivity contribution in [3.05, 3.63) is 52.9 Å². The molecule has 0 spiro atoms. The number of nitrogens with zero attached hydrogens (tertiary/aromatic N) is 3. The number of hydrogen-bond donors (Lipinski definition) is 1. The molecule has 0 bridgehead atoms. The standard InChI is InChI=1S/C14H11ClN4O2/c1-8-18-12(21-19-8)7-17-14(20)11-6-16-13(15)10-5-3-2-4-9(10)11/h2-6H,7H2,1H3,(H,17,20). The second-order valence-corrected chi connectivity index (χ2v) is 4.78. The zero-order chi connectivity index (χ0) is 14.8. The van der Waals surface area contributed by atoms with E-state index in [1.165, 1.54) is 6.20 Å². The number of benzene rings is 1. The van der Waals surface area contributed by atoms with Gasteiger partial charge in [-0.3, -0.25) is 4.79 Å². The number of halogens is 1. The first-order chi connectivity index (χ1) is 10.1. The van der Waals surface area contributed by atoms with Crippen LogP contribution < -0.4 is 5.32 Å². The van der Waals surface area contributed by atoms with Crippen LogP contribution in [-0.4, -0.2) is 21.0 Å². The first-order valence-corrected chi connectivity index (χ1v) is 6.63. The molecule has 0 saturated heterocycles. The van der Waals surface area contributed by atoms with Gasteiger partial charge < -0.3 is 9.84 Å². The highest BCUT2D eigenvalue weighted by Gasteiger charge is 2.13. The van der Waals surface area contributed by atoms with Crippen LogP contribution in [0, 0.1) is 6.92 Å². The number of aryl methyl sites for hydroxylation is 1. The molecule has 1 aromatic carbocycles. The SMILES string of the molecule is Cc1noc(CNC(=O)c2cnc(Cl)c3ccccc23)n1. The van der Waals surface area contributed by atoms with Crippen molar-refractivity contribution in [1.82, 2.24) is 20.4 Å². The average molecular weight is 303 g/mol. The average Bonchev–Trinajstić information content (AvgIpc) is 2.91. The number of amides is 1. The Labute approximate surface area is 125 Å². The van der Waals surface area contributed by atoms with Crippen molar-refractivity contribution in [3.8, 4) is 0 Å². The molecule has 106 valence electrons. The van der Waals surface area contributed by atoms with Gasteiger partial charge in [-0.05, 0) is 12.3 Å². The minimum absolute atomic E-state index is 0.163. The lowest BCUT2D eigenvalue weighted by Gasteiger charge is -2.07. The summed E-state index contributed by atoms with van der Waals surface area (Å²) in [6.45, 7) is 1.88. The van der Waals surface area contributed by atoms with Crippen LogP contribution in [0.2, 0.25) is 5.15 Å². The van der Waals surface area contributed by atoms with E-state index in [2.05, 4.69) is 20.4 Å². The largest absolute Gasteiger partial charge is 0.343 e. The first-order valence-electron chi connectivity index (χ1n) is 6.26. The van der Waals surface area contributed by atoms with E-state index in [-0.39, 0.29) is 12.5 Å². The minimum atomic E-state index is -0.272. The van der Waals surface area contributed by atoms with Crippen LogP contribution in [0.15, 0.2) is 35.0 Å². The number of pyridine rings is 1. The first kappa shape index (κ1) is 13.5. The highest BCUT2D eigenvalue weighted by Crippen LogP contribution is 2.24. The molecule has 6 nitrogen and oxygen atoms in total. The molecular formula is C14H11ClN4O2. The molecule has 0 atom stereocenters. The van der Waals surface area contributed by atoms with E-state index in [1.807, 2.05) is 24.3 Å². The van der Waals surface area contributed by atoms with Crippen molar-refractivity contribution in [2.24, 2.45) is 0 Å². The van der Waals surface area contributed by atoms with Gasteiger partial charge in [-0.1, -0.05) is 41.0 Å². The van der Waals surface area contributed by atoms with Crippen LogP contribution in [0.3, 0.4) is 0 Å². The van der Waals surface area contributed by atoms with Gasteiger partial charge in [-0.25, -0.2) is 4.98 Å². The molecule has 0 aliphatic heterocycles. The van der Waals surface area contributed by atoms with Crippen LogP contribution in [0.1, 0.15) is 22.1 Å². The molecule has 0 aliphatic rings. The zero-order valence-electron chi connectivity index (χ0n) is 11.1. The predicted molar refractivity (Wildman–Crippen MR) is 77.0 cm³/mol. The van der Waals surface area contributed by atoms with E-state index in [4.69, 9.17) is 16.1 Å². The third kappa shape index (κ3) is 2.71. The third-order valence-corrected chi connectivity index (χ3v) is 3.26. The molecule has 2 heterocycles. The third-order valence-electron chi connectivity index (χ3n) is 2.96. The number of carbonyl (C=O) groups excluding carboxylic acids is 1. The van der Waals surface area contributed by atoms with E-state index in [9.17, 15) is 4.79 Å².